The summed E-state index contributed by atoms with van der Waals surface area (Å²) in [6, 6.07) is 14.0. The maximum absolute atomic E-state index is 12.0. The lowest BCUT2D eigenvalue weighted by atomic mass is 10.1. The van der Waals surface area contributed by atoms with E-state index in [-0.39, 0.29) is 24.8 Å². The first-order valence-electron chi connectivity index (χ1n) is 7.66. The van der Waals surface area contributed by atoms with Crippen LogP contribution in [0.2, 0.25) is 0 Å². The van der Waals surface area contributed by atoms with E-state index in [9.17, 15) is 9.59 Å². The molecule has 2 aromatic carbocycles. The summed E-state index contributed by atoms with van der Waals surface area (Å²) < 4.78 is 10.1. The standard InChI is InChI=1S/C19H18O4/c1-22-18(20)10-5-11-19(21)23-17-9-4-8-15-14-7-3-2-6-13(14)12-16(15)17/h2-4,6-9H,5,10-12H2,1H3. The largest absolute Gasteiger partial charge is 0.469 e. The van der Waals surface area contributed by atoms with Gasteiger partial charge in [0.15, 0.2) is 0 Å². The third kappa shape index (κ3) is 3.26. The highest BCUT2D eigenvalue weighted by Gasteiger charge is 2.22. The molecule has 0 aliphatic heterocycles. The average molecular weight is 310 g/mol. The van der Waals surface area contributed by atoms with Crippen LogP contribution in [0.15, 0.2) is 42.5 Å². The van der Waals surface area contributed by atoms with Gasteiger partial charge in [-0.3, -0.25) is 9.59 Å². The number of benzene rings is 2. The van der Waals surface area contributed by atoms with Crippen LogP contribution in [0.5, 0.6) is 5.75 Å². The lowest BCUT2D eigenvalue weighted by molar-refractivity contribution is -0.141. The first-order chi connectivity index (χ1) is 11.2. The molecule has 3 rings (SSSR count). The highest BCUT2D eigenvalue weighted by atomic mass is 16.5. The second-order valence-electron chi connectivity index (χ2n) is 5.52. The number of carbonyl (C=O) groups is 2. The average Bonchev–Trinajstić information content (AvgIpc) is 2.94. The van der Waals surface area contributed by atoms with E-state index in [0.717, 1.165) is 17.5 Å². The number of rotatable bonds is 5. The molecular weight excluding hydrogens is 292 g/mol. The fourth-order valence-corrected chi connectivity index (χ4v) is 2.88. The van der Waals surface area contributed by atoms with Crippen LogP contribution in [0.4, 0.5) is 0 Å². The second-order valence-corrected chi connectivity index (χ2v) is 5.52. The number of ether oxygens (including phenoxy) is 2. The predicted octanol–water partition coefficient (Wildman–Crippen LogP) is 3.51. The molecule has 0 fully saturated rings. The van der Waals surface area contributed by atoms with Crippen LogP contribution in [-0.4, -0.2) is 19.0 Å². The van der Waals surface area contributed by atoms with Crippen LogP contribution in [-0.2, 0) is 20.7 Å². The van der Waals surface area contributed by atoms with Crippen molar-refractivity contribution in [1.82, 2.24) is 0 Å². The van der Waals surface area contributed by atoms with Crippen molar-refractivity contribution >= 4 is 11.9 Å². The Kier molecular flexibility index (Phi) is 4.42. The van der Waals surface area contributed by atoms with Crippen molar-refractivity contribution in [2.75, 3.05) is 7.11 Å². The van der Waals surface area contributed by atoms with Gasteiger partial charge >= 0.3 is 11.9 Å². The zero-order valence-electron chi connectivity index (χ0n) is 13.0. The Morgan fingerprint density at radius 3 is 2.52 bits per heavy atom. The van der Waals surface area contributed by atoms with E-state index in [0.29, 0.717) is 12.2 Å². The van der Waals surface area contributed by atoms with E-state index in [1.54, 1.807) is 0 Å². The molecule has 4 heteroatoms. The van der Waals surface area contributed by atoms with Gasteiger partial charge in [0.25, 0.3) is 0 Å². The number of methoxy groups -OCH3 is 1. The van der Waals surface area contributed by atoms with Crippen LogP contribution >= 0.6 is 0 Å². The van der Waals surface area contributed by atoms with Gasteiger partial charge in [-0.1, -0.05) is 36.4 Å². The Bertz CT molecular complexity index is 749. The SMILES string of the molecule is COC(=O)CCCC(=O)Oc1cccc2c1Cc1ccccc1-2. The van der Waals surface area contributed by atoms with Gasteiger partial charge in [0.05, 0.1) is 7.11 Å². The number of carbonyl (C=O) groups excluding carboxylic acids is 2. The van der Waals surface area contributed by atoms with Crippen LogP contribution in [0.3, 0.4) is 0 Å². The normalized spacial score (nSPS) is 11.5. The molecule has 0 amide bonds. The van der Waals surface area contributed by atoms with E-state index in [2.05, 4.69) is 22.9 Å². The van der Waals surface area contributed by atoms with Crippen LogP contribution in [0.1, 0.15) is 30.4 Å². The molecular formula is C19H18O4. The fourth-order valence-electron chi connectivity index (χ4n) is 2.88. The van der Waals surface area contributed by atoms with Crippen molar-refractivity contribution in [2.45, 2.75) is 25.7 Å². The summed E-state index contributed by atoms with van der Waals surface area (Å²) in [7, 11) is 1.34. The van der Waals surface area contributed by atoms with E-state index in [1.807, 2.05) is 24.3 Å². The van der Waals surface area contributed by atoms with Crippen molar-refractivity contribution < 1.29 is 19.1 Å². The fraction of sp³-hybridized carbons (Fsp3) is 0.263. The molecule has 0 saturated carbocycles. The Morgan fingerprint density at radius 2 is 1.70 bits per heavy atom. The summed E-state index contributed by atoms with van der Waals surface area (Å²) >= 11 is 0. The summed E-state index contributed by atoms with van der Waals surface area (Å²) in [5.74, 6) is -0.0196. The van der Waals surface area contributed by atoms with Crippen LogP contribution < -0.4 is 4.74 Å². The molecule has 2 aromatic rings. The van der Waals surface area contributed by atoms with Crippen LogP contribution in [0, 0.1) is 0 Å². The molecule has 0 bridgehead atoms. The van der Waals surface area contributed by atoms with Gasteiger partial charge in [-0.05, 0) is 29.2 Å². The highest BCUT2D eigenvalue weighted by molar-refractivity contribution is 5.81. The minimum atomic E-state index is -0.321. The Balaban J connectivity index is 1.69. The molecule has 4 nitrogen and oxygen atoms in total. The zero-order valence-corrected chi connectivity index (χ0v) is 13.0. The summed E-state index contributed by atoms with van der Waals surface area (Å²) in [6.45, 7) is 0. The van der Waals surface area contributed by atoms with Crippen LogP contribution in [0.25, 0.3) is 11.1 Å². The predicted molar refractivity (Wildman–Crippen MR) is 86.2 cm³/mol. The molecule has 118 valence electrons. The number of hydrogen-bond acceptors (Lipinski definition) is 4. The van der Waals surface area contributed by atoms with Gasteiger partial charge < -0.3 is 9.47 Å². The second kappa shape index (κ2) is 6.65. The van der Waals surface area contributed by atoms with Gasteiger partial charge in [0.1, 0.15) is 5.75 Å². The number of fused-ring (bicyclic) bond motifs is 3. The Hall–Kier alpha value is -2.62. The molecule has 23 heavy (non-hydrogen) atoms. The molecule has 0 spiro atoms. The van der Waals surface area contributed by atoms with Gasteiger partial charge in [0, 0.05) is 24.8 Å². The third-order valence-electron chi connectivity index (χ3n) is 4.02. The van der Waals surface area contributed by atoms with Crippen molar-refractivity contribution in [2.24, 2.45) is 0 Å². The summed E-state index contributed by atoms with van der Waals surface area (Å²) in [5, 5.41) is 0. The first kappa shape index (κ1) is 15.3. The van der Waals surface area contributed by atoms with Gasteiger partial charge in [-0.25, -0.2) is 0 Å². The maximum Gasteiger partial charge on any atom is 0.311 e. The molecule has 0 unspecified atom stereocenters. The van der Waals surface area contributed by atoms with Crippen molar-refractivity contribution in [3.05, 3.63) is 53.6 Å². The monoisotopic (exact) mass is 310 g/mol. The Morgan fingerprint density at radius 1 is 0.957 bits per heavy atom. The van der Waals surface area contributed by atoms with E-state index >= 15 is 0 Å². The van der Waals surface area contributed by atoms with E-state index < -0.39 is 0 Å². The highest BCUT2D eigenvalue weighted by Crippen LogP contribution is 2.40. The molecule has 1 aliphatic carbocycles. The molecule has 0 heterocycles. The van der Waals surface area contributed by atoms with Crippen molar-refractivity contribution in [1.29, 1.82) is 0 Å². The lowest BCUT2D eigenvalue weighted by Crippen LogP contribution is -2.10. The van der Waals surface area contributed by atoms with Gasteiger partial charge in [-0.15, -0.1) is 0 Å². The van der Waals surface area contributed by atoms with E-state index in [4.69, 9.17) is 4.74 Å². The molecule has 0 atom stereocenters. The first-order valence-corrected chi connectivity index (χ1v) is 7.66. The number of esters is 2. The van der Waals surface area contributed by atoms with E-state index in [1.165, 1.54) is 18.2 Å². The van der Waals surface area contributed by atoms with Crippen molar-refractivity contribution in [3.8, 4) is 16.9 Å². The molecule has 1 aliphatic rings. The molecule has 0 saturated heterocycles. The topological polar surface area (TPSA) is 52.6 Å². The van der Waals surface area contributed by atoms with Gasteiger partial charge in [-0.2, -0.15) is 0 Å². The summed E-state index contributed by atoms with van der Waals surface area (Å²) in [5.41, 5.74) is 4.62. The molecule has 0 radical (unpaired) electrons. The summed E-state index contributed by atoms with van der Waals surface area (Å²) in [6.07, 6.45) is 1.63. The zero-order chi connectivity index (χ0) is 16.2. The quantitative estimate of drug-likeness (QED) is 0.534. The van der Waals surface area contributed by atoms with Crippen molar-refractivity contribution in [3.63, 3.8) is 0 Å². The summed E-state index contributed by atoms with van der Waals surface area (Å²) in [4.78, 5) is 23.0. The Labute approximate surface area is 135 Å². The maximum atomic E-state index is 12.0. The molecule has 0 N–H and O–H groups in total. The minimum Gasteiger partial charge on any atom is -0.469 e. The number of hydrogen-bond donors (Lipinski definition) is 0. The third-order valence-corrected chi connectivity index (χ3v) is 4.02. The minimum absolute atomic E-state index is 0.200. The smallest absolute Gasteiger partial charge is 0.311 e. The van der Waals surface area contributed by atoms with Gasteiger partial charge in [0.2, 0.25) is 0 Å². The lowest BCUT2D eigenvalue weighted by Gasteiger charge is -2.09. The molecule has 0 aromatic heterocycles.